The van der Waals surface area contributed by atoms with E-state index in [1.165, 1.54) is 29.7 Å². The molecule has 0 aromatic heterocycles. The first kappa shape index (κ1) is 18.6. The van der Waals surface area contributed by atoms with E-state index in [1.807, 2.05) is 18.2 Å². The Hall–Kier alpha value is -1.72. The molecule has 2 aromatic rings. The van der Waals surface area contributed by atoms with Crippen molar-refractivity contribution in [3.8, 4) is 0 Å². The number of hydrogen-bond acceptors (Lipinski definition) is 2. The van der Waals surface area contributed by atoms with E-state index in [2.05, 4.69) is 0 Å². The molecule has 3 nitrogen and oxygen atoms in total. The van der Waals surface area contributed by atoms with Crippen LogP contribution in [0.5, 0.6) is 0 Å². The molecule has 4 rings (SSSR count). The molecule has 1 saturated heterocycles. The molecular weight excluding hydrogens is 361 g/mol. The molecule has 0 bridgehead atoms. The third-order valence-electron chi connectivity index (χ3n) is 5.86. The summed E-state index contributed by atoms with van der Waals surface area (Å²) in [5, 5.41) is 0. The van der Waals surface area contributed by atoms with Crippen molar-refractivity contribution < 1.29 is 12.8 Å². The van der Waals surface area contributed by atoms with Crippen LogP contribution in [0.25, 0.3) is 0 Å². The second-order valence-electron chi connectivity index (χ2n) is 7.67. The van der Waals surface area contributed by atoms with Crippen LogP contribution in [0.3, 0.4) is 0 Å². The Morgan fingerprint density at radius 3 is 2.52 bits per heavy atom. The Bertz CT molecular complexity index is 926. The molecule has 0 amide bonds. The monoisotopic (exact) mass is 387 g/mol. The number of rotatable bonds is 3. The average molecular weight is 388 g/mol. The molecule has 1 aliphatic heterocycles. The van der Waals surface area contributed by atoms with Crippen LogP contribution in [0, 0.1) is 5.82 Å². The highest BCUT2D eigenvalue weighted by Crippen LogP contribution is 2.35. The molecule has 5 heteroatoms. The molecule has 0 unspecified atom stereocenters. The Balaban J connectivity index is 1.73. The quantitative estimate of drug-likeness (QED) is 0.742. The van der Waals surface area contributed by atoms with Gasteiger partial charge in [0.25, 0.3) is 0 Å². The van der Waals surface area contributed by atoms with Gasteiger partial charge in [0.05, 0.1) is 10.9 Å². The zero-order valence-electron chi connectivity index (χ0n) is 15.5. The van der Waals surface area contributed by atoms with Gasteiger partial charge in [0.1, 0.15) is 5.82 Å². The average Bonchev–Trinajstić information content (AvgIpc) is 2.94. The first-order valence-electron chi connectivity index (χ1n) is 9.95. The number of nitrogens with zero attached hydrogens (tertiary/aromatic N) is 1. The maximum Gasteiger partial charge on any atom is 0.243 e. The summed E-state index contributed by atoms with van der Waals surface area (Å²) < 4.78 is 42.5. The van der Waals surface area contributed by atoms with Gasteiger partial charge in [0.15, 0.2) is 0 Å². The minimum atomic E-state index is -3.62. The summed E-state index contributed by atoms with van der Waals surface area (Å²) in [6, 6.07) is 11.7. The fraction of sp³-hybridized carbons (Fsp3) is 0.455. The topological polar surface area (TPSA) is 37.4 Å². The second-order valence-corrected chi connectivity index (χ2v) is 9.56. The van der Waals surface area contributed by atoms with Gasteiger partial charge >= 0.3 is 0 Å². The van der Waals surface area contributed by atoms with Crippen LogP contribution in [0.15, 0.2) is 47.4 Å². The highest BCUT2D eigenvalue weighted by atomic mass is 32.2. The summed E-state index contributed by atoms with van der Waals surface area (Å²) in [7, 11) is -3.62. The molecule has 1 aliphatic carbocycles. The predicted molar refractivity (Wildman–Crippen MR) is 105 cm³/mol. The lowest BCUT2D eigenvalue weighted by Gasteiger charge is -2.30. The molecule has 0 spiro atoms. The van der Waals surface area contributed by atoms with Crippen molar-refractivity contribution in [2.45, 2.75) is 62.3 Å². The smallest absolute Gasteiger partial charge is 0.207 e. The van der Waals surface area contributed by atoms with Crippen LogP contribution in [0.4, 0.5) is 4.39 Å². The van der Waals surface area contributed by atoms with Crippen molar-refractivity contribution in [1.29, 1.82) is 0 Å². The summed E-state index contributed by atoms with van der Waals surface area (Å²) in [5.74, 6) is -0.317. The zero-order valence-corrected chi connectivity index (χ0v) is 16.3. The van der Waals surface area contributed by atoms with E-state index in [9.17, 15) is 12.8 Å². The fourth-order valence-electron chi connectivity index (χ4n) is 4.42. The van der Waals surface area contributed by atoms with Gasteiger partial charge in [-0.15, -0.1) is 0 Å². The SMILES string of the molecule is O=S(=O)(c1ccc2c(c1)CCCC2)N1CCCCC[C@H]1c1cccc(F)c1. The third-order valence-corrected chi connectivity index (χ3v) is 7.77. The summed E-state index contributed by atoms with van der Waals surface area (Å²) >= 11 is 0. The van der Waals surface area contributed by atoms with Crippen LogP contribution in [0.1, 0.15) is 61.3 Å². The minimum absolute atomic E-state index is 0.302. The normalized spacial score (nSPS) is 21.4. The van der Waals surface area contributed by atoms with Crippen LogP contribution >= 0.6 is 0 Å². The van der Waals surface area contributed by atoms with Crippen molar-refractivity contribution in [2.75, 3.05) is 6.54 Å². The van der Waals surface area contributed by atoms with E-state index in [-0.39, 0.29) is 11.9 Å². The first-order chi connectivity index (χ1) is 13.1. The number of fused-ring (bicyclic) bond motifs is 1. The molecule has 2 aromatic carbocycles. The van der Waals surface area contributed by atoms with Gasteiger partial charge in [-0.05, 0) is 79.5 Å². The van der Waals surface area contributed by atoms with E-state index >= 15 is 0 Å². The molecule has 1 heterocycles. The Morgan fingerprint density at radius 2 is 1.70 bits per heavy atom. The van der Waals surface area contributed by atoms with Gasteiger partial charge in [0, 0.05) is 6.54 Å². The number of benzene rings is 2. The Kier molecular flexibility index (Phi) is 5.33. The van der Waals surface area contributed by atoms with E-state index in [0.29, 0.717) is 11.4 Å². The molecule has 0 saturated carbocycles. The molecule has 1 fully saturated rings. The van der Waals surface area contributed by atoms with Crippen LogP contribution < -0.4 is 0 Å². The minimum Gasteiger partial charge on any atom is -0.207 e. The summed E-state index contributed by atoms with van der Waals surface area (Å²) in [4.78, 5) is 0.381. The van der Waals surface area contributed by atoms with Crippen LogP contribution in [-0.2, 0) is 22.9 Å². The second kappa shape index (κ2) is 7.72. The Morgan fingerprint density at radius 1 is 0.889 bits per heavy atom. The molecule has 2 aliphatic rings. The molecular formula is C22H26FNO2S. The van der Waals surface area contributed by atoms with Crippen molar-refractivity contribution in [2.24, 2.45) is 0 Å². The lowest BCUT2D eigenvalue weighted by Crippen LogP contribution is -2.35. The van der Waals surface area contributed by atoms with Crippen molar-refractivity contribution in [1.82, 2.24) is 4.31 Å². The van der Waals surface area contributed by atoms with Crippen LogP contribution in [0.2, 0.25) is 0 Å². The third kappa shape index (κ3) is 3.81. The number of sulfonamides is 1. The van der Waals surface area contributed by atoms with Gasteiger partial charge < -0.3 is 0 Å². The maximum absolute atomic E-state index is 13.8. The standard InChI is InChI=1S/C22H26FNO2S/c23-20-10-6-9-19(15-20)22-11-2-1-5-14-24(22)27(25,26)21-13-12-17-7-3-4-8-18(17)16-21/h6,9-10,12-13,15-16,22H,1-5,7-8,11,14H2/t22-/m0/s1. The summed E-state index contributed by atoms with van der Waals surface area (Å²) in [5.41, 5.74) is 3.19. The summed E-state index contributed by atoms with van der Waals surface area (Å²) in [6.45, 7) is 0.487. The van der Waals surface area contributed by atoms with Gasteiger partial charge in [-0.3, -0.25) is 0 Å². The van der Waals surface area contributed by atoms with E-state index < -0.39 is 10.0 Å². The lowest BCUT2D eigenvalue weighted by atomic mass is 9.92. The van der Waals surface area contributed by atoms with Crippen molar-refractivity contribution in [3.63, 3.8) is 0 Å². The van der Waals surface area contributed by atoms with Gasteiger partial charge in [-0.1, -0.05) is 31.0 Å². The van der Waals surface area contributed by atoms with Crippen molar-refractivity contribution in [3.05, 3.63) is 65.0 Å². The van der Waals surface area contributed by atoms with Gasteiger partial charge in [-0.25, -0.2) is 12.8 Å². The molecule has 0 N–H and O–H groups in total. The van der Waals surface area contributed by atoms with Gasteiger partial charge in [-0.2, -0.15) is 4.31 Å². The fourth-order valence-corrected chi connectivity index (χ4v) is 6.16. The lowest BCUT2D eigenvalue weighted by molar-refractivity contribution is 0.328. The Labute approximate surface area is 161 Å². The van der Waals surface area contributed by atoms with Crippen LogP contribution in [-0.4, -0.2) is 19.3 Å². The summed E-state index contributed by atoms with van der Waals surface area (Å²) in [6.07, 6.45) is 7.80. The molecule has 0 radical (unpaired) electrons. The van der Waals surface area contributed by atoms with E-state index in [0.717, 1.165) is 50.5 Å². The van der Waals surface area contributed by atoms with Gasteiger partial charge in [0.2, 0.25) is 10.0 Å². The zero-order chi connectivity index (χ0) is 18.9. The number of hydrogen-bond donors (Lipinski definition) is 0. The first-order valence-corrected chi connectivity index (χ1v) is 11.4. The van der Waals surface area contributed by atoms with E-state index in [1.54, 1.807) is 16.4 Å². The molecule has 144 valence electrons. The molecule has 1 atom stereocenters. The highest BCUT2D eigenvalue weighted by molar-refractivity contribution is 7.89. The maximum atomic E-state index is 13.8. The molecule has 27 heavy (non-hydrogen) atoms. The number of halogens is 1. The van der Waals surface area contributed by atoms with Crippen molar-refractivity contribution >= 4 is 10.0 Å². The number of aryl methyl sites for hydroxylation is 2. The predicted octanol–water partition coefficient (Wildman–Crippen LogP) is 5.01. The van der Waals surface area contributed by atoms with E-state index in [4.69, 9.17) is 0 Å². The largest absolute Gasteiger partial charge is 0.243 e. The highest BCUT2D eigenvalue weighted by Gasteiger charge is 2.34.